The first kappa shape index (κ1) is 19.2. The van der Waals surface area contributed by atoms with Crippen LogP contribution in [0, 0.1) is 17.3 Å². The van der Waals surface area contributed by atoms with Gasteiger partial charge in [0.1, 0.15) is 0 Å². The Bertz CT molecular complexity index is 430. The Morgan fingerprint density at radius 3 is 2.87 bits per heavy atom. The van der Waals surface area contributed by atoms with Crippen LogP contribution in [0.15, 0.2) is 4.99 Å². The Morgan fingerprint density at radius 1 is 1.39 bits per heavy atom. The lowest BCUT2D eigenvalue weighted by atomic mass is 9.55. The van der Waals surface area contributed by atoms with Crippen LogP contribution in [0.3, 0.4) is 0 Å². The van der Waals surface area contributed by atoms with Gasteiger partial charge in [-0.15, -0.1) is 24.0 Å². The number of guanidine groups is 1. The van der Waals surface area contributed by atoms with Crippen molar-refractivity contribution in [2.75, 3.05) is 40.5 Å². The van der Waals surface area contributed by atoms with Gasteiger partial charge in [-0.25, -0.2) is 0 Å². The van der Waals surface area contributed by atoms with Crippen LogP contribution in [0.4, 0.5) is 0 Å². The quantitative estimate of drug-likeness (QED) is 0.419. The van der Waals surface area contributed by atoms with E-state index in [1.807, 2.05) is 7.05 Å². The van der Waals surface area contributed by atoms with Crippen molar-refractivity contribution in [2.24, 2.45) is 22.2 Å². The fourth-order valence-corrected chi connectivity index (χ4v) is 4.65. The van der Waals surface area contributed by atoms with Gasteiger partial charge in [0.2, 0.25) is 0 Å². The number of ether oxygens (including phenoxy) is 2. The van der Waals surface area contributed by atoms with E-state index in [1.54, 1.807) is 7.11 Å². The van der Waals surface area contributed by atoms with Crippen LogP contribution < -0.4 is 5.32 Å². The second kappa shape index (κ2) is 7.87. The van der Waals surface area contributed by atoms with Crippen molar-refractivity contribution in [1.82, 2.24) is 10.2 Å². The number of halogens is 1. The molecule has 5 nitrogen and oxygen atoms in total. The zero-order valence-corrected chi connectivity index (χ0v) is 17.2. The second-order valence-electron chi connectivity index (χ2n) is 7.64. The van der Waals surface area contributed by atoms with E-state index in [1.165, 1.54) is 19.3 Å². The molecule has 134 valence electrons. The highest BCUT2D eigenvalue weighted by atomic mass is 127. The number of aliphatic imine (C=N–C) groups is 1. The van der Waals surface area contributed by atoms with Crippen molar-refractivity contribution in [3.63, 3.8) is 0 Å². The van der Waals surface area contributed by atoms with E-state index in [4.69, 9.17) is 9.47 Å². The van der Waals surface area contributed by atoms with Crippen LogP contribution in [0.5, 0.6) is 0 Å². The fraction of sp³-hybridized carbons (Fsp3) is 0.941. The Balaban J connectivity index is 0.00000192. The third kappa shape index (κ3) is 3.63. The Labute approximate surface area is 157 Å². The highest BCUT2D eigenvalue weighted by molar-refractivity contribution is 14.0. The summed E-state index contributed by atoms with van der Waals surface area (Å²) >= 11 is 0. The van der Waals surface area contributed by atoms with Crippen molar-refractivity contribution >= 4 is 29.9 Å². The van der Waals surface area contributed by atoms with Gasteiger partial charge in [0, 0.05) is 57.1 Å². The molecule has 2 heterocycles. The first-order valence-corrected chi connectivity index (χ1v) is 8.66. The number of fused-ring (bicyclic) bond motifs is 1. The number of hydrogen-bond acceptors (Lipinski definition) is 3. The third-order valence-electron chi connectivity index (χ3n) is 5.82. The van der Waals surface area contributed by atoms with Gasteiger partial charge in [0.15, 0.2) is 5.96 Å². The maximum Gasteiger partial charge on any atom is 0.193 e. The maximum atomic E-state index is 6.00. The first-order valence-electron chi connectivity index (χ1n) is 8.66. The lowest BCUT2D eigenvalue weighted by Gasteiger charge is -2.60. The number of rotatable bonds is 3. The summed E-state index contributed by atoms with van der Waals surface area (Å²) in [6.07, 6.45) is 4.07. The minimum atomic E-state index is 0. The summed E-state index contributed by atoms with van der Waals surface area (Å²) in [6.45, 7) is 8.54. The summed E-state index contributed by atoms with van der Waals surface area (Å²) in [7, 11) is 3.68. The molecule has 0 spiro atoms. The average Bonchev–Trinajstić information content (AvgIpc) is 2.97. The lowest BCUT2D eigenvalue weighted by molar-refractivity contribution is -0.188. The molecule has 23 heavy (non-hydrogen) atoms. The van der Waals surface area contributed by atoms with E-state index >= 15 is 0 Å². The molecule has 0 bridgehead atoms. The molecule has 3 fully saturated rings. The molecule has 1 saturated carbocycles. The molecule has 0 aromatic heterocycles. The Kier molecular flexibility index (Phi) is 6.58. The Hall–Kier alpha value is -0.0800. The summed E-state index contributed by atoms with van der Waals surface area (Å²) in [5.41, 5.74) is 0.187. The molecule has 0 radical (unpaired) electrons. The van der Waals surface area contributed by atoms with Crippen molar-refractivity contribution < 1.29 is 9.47 Å². The van der Waals surface area contributed by atoms with Gasteiger partial charge in [0.25, 0.3) is 0 Å². The van der Waals surface area contributed by atoms with Crippen LogP contribution in [0.25, 0.3) is 0 Å². The molecular formula is C17H32IN3O2. The molecule has 2 saturated heterocycles. The van der Waals surface area contributed by atoms with E-state index in [-0.39, 0.29) is 29.4 Å². The third-order valence-corrected chi connectivity index (χ3v) is 5.82. The number of hydrogen-bond donors (Lipinski definition) is 1. The average molecular weight is 437 g/mol. The zero-order valence-electron chi connectivity index (χ0n) is 14.9. The molecule has 0 aromatic rings. The smallest absolute Gasteiger partial charge is 0.193 e. The number of nitrogens with zero attached hydrogens (tertiary/aromatic N) is 2. The molecule has 3 rings (SSSR count). The molecule has 1 N–H and O–H groups in total. The molecule has 4 unspecified atom stereocenters. The van der Waals surface area contributed by atoms with Crippen LogP contribution >= 0.6 is 24.0 Å². The molecule has 0 amide bonds. The summed E-state index contributed by atoms with van der Waals surface area (Å²) < 4.78 is 11.3. The van der Waals surface area contributed by atoms with Gasteiger partial charge >= 0.3 is 0 Å². The van der Waals surface area contributed by atoms with Gasteiger partial charge < -0.3 is 19.7 Å². The normalized spacial score (nSPS) is 36.0. The molecular weight excluding hydrogens is 405 g/mol. The van der Waals surface area contributed by atoms with E-state index in [0.29, 0.717) is 24.0 Å². The summed E-state index contributed by atoms with van der Waals surface area (Å²) in [5.74, 6) is 2.32. The van der Waals surface area contributed by atoms with Crippen LogP contribution in [0.2, 0.25) is 0 Å². The second-order valence-corrected chi connectivity index (χ2v) is 7.64. The van der Waals surface area contributed by atoms with Crippen molar-refractivity contribution in [2.45, 2.75) is 45.3 Å². The highest BCUT2D eigenvalue weighted by Crippen LogP contribution is 2.51. The van der Waals surface area contributed by atoms with Crippen LogP contribution in [-0.4, -0.2) is 63.5 Å². The molecule has 0 aromatic carbocycles. The van der Waals surface area contributed by atoms with Crippen molar-refractivity contribution in [1.29, 1.82) is 0 Å². The zero-order chi connectivity index (χ0) is 15.7. The molecule has 3 aliphatic rings. The number of likely N-dealkylation sites (tertiary alicyclic amines) is 1. The molecule has 2 aliphatic heterocycles. The van der Waals surface area contributed by atoms with Gasteiger partial charge in [-0.3, -0.25) is 4.99 Å². The predicted molar refractivity (Wildman–Crippen MR) is 103 cm³/mol. The predicted octanol–water partition coefficient (Wildman–Crippen LogP) is 2.35. The van der Waals surface area contributed by atoms with E-state index in [9.17, 15) is 0 Å². The van der Waals surface area contributed by atoms with Crippen LogP contribution in [-0.2, 0) is 9.47 Å². The van der Waals surface area contributed by atoms with E-state index < -0.39 is 0 Å². The van der Waals surface area contributed by atoms with Gasteiger partial charge in [-0.2, -0.15) is 0 Å². The minimum absolute atomic E-state index is 0. The van der Waals surface area contributed by atoms with E-state index in [2.05, 4.69) is 29.1 Å². The van der Waals surface area contributed by atoms with Gasteiger partial charge in [-0.05, 0) is 19.3 Å². The van der Waals surface area contributed by atoms with Gasteiger partial charge in [-0.1, -0.05) is 13.8 Å². The fourth-order valence-electron chi connectivity index (χ4n) is 4.65. The topological polar surface area (TPSA) is 46.1 Å². The largest absolute Gasteiger partial charge is 0.384 e. The standard InChI is InChI=1S/C17H31N3O2.HI/c1-17(2)14(13-6-5-9-22-15(13)17)19-16(18-3)20-8-7-12(10-20)11-21-4;/h12-15H,5-11H2,1-4H3,(H,18,19);1H. The summed E-state index contributed by atoms with van der Waals surface area (Å²) in [6, 6.07) is 0.470. The lowest BCUT2D eigenvalue weighted by Crippen LogP contribution is -2.71. The Morgan fingerprint density at radius 2 is 2.17 bits per heavy atom. The van der Waals surface area contributed by atoms with Crippen molar-refractivity contribution in [3.05, 3.63) is 0 Å². The summed E-state index contributed by atoms with van der Waals surface area (Å²) in [5, 5.41) is 3.75. The van der Waals surface area contributed by atoms with Crippen LogP contribution in [0.1, 0.15) is 33.1 Å². The minimum Gasteiger partial charge on any atom is -0.384 e. The monoisotopic (exact) mass is 437 g/mol. The number of methoxy groups -OCH3 is 1. The molecule has 1 aliphatic carbocycles. The maximum absolute atomic E-state index is 6.00. The summed E-state index contributed by atoms with van der Waals surface area (Å²) in [4.78, 5) is 6.93. The SMILES string of the molecule is CN=C(NC1C2CCCOC2C1(C)C)N1CCC(COC)C1.I. The first-order chi connectivity index (χ1) is 10.6. The molecule has 4 atom stereocenters. The number of nitrogens with one attached hydrogen (secondary N) is 1. The van der Waals surface area contributed by atoms with Gasteiger partial charge in [0.05, 0.1) is 12.7 Å². The van der Waals surface area contributed by atoms with Crippen molar-refractivity contribution in [3.8, 4) is 0 Å². The molecule has 6 heteroatoms. The van der Waals surface area contributed by atoms with E-state index in [0.717, 1.165) is 32.3 Å². The highest BCUT2D eigenvalue weighted by Gasteiger charge is 2.58.